The molecule has 2 atom stereocenters. The number of halogens is 1. The Morgan fingerprint density at radius 1 is 1.18 bits per heavy atom. The van der Waals surface area contributed by atoms with Crippen LogP contribution in [-0.4, -0.2) is 78.7 Å². The normalized spacial score (nSPS) is 23.4. The summed E-state index contributed by atoms with van der Waals surface area (Å²) >= 11 is 6.71. The summed E-state index contributed by atoms with van der Waals surface area (Å²) < 4.78 is 6.33. The van der Waals surface area contributed by atoms with Gasteiger partial charge in [-0.3, -0.25) is 0 Å². The number of anilines is 2. The molecule has 0 radical (unpaired) electrons. The van der Waals surface area contributed by atoms with E-state index in [1.807, 2.05) is 17.0 Å². The van der Waals surface area contributed by atoms with Crippen LogP contribution >= 0.6 is 11.6 Å². The fourth-order valence-electron chi connectivity index (χ4n) is 7.21. The minimum atomic E-state index is 0.191. The van der Waals surface area contributed by atoms with Crippen molar-refractivity contribution in [1.82, 2.24) is 19.8 Å². The zero-order valence-electron chi connectivity index (χ0n) is 23.3. The molecule has 1 saturated carbocycles. The van der Waals surface area contributed by atoms with E-state index in [-0.39, 0.29) is 11.5 Å². The molecule has 1 spiro atoms. The van der Waals surface area contributed by atoms with Gasteiger partial charge >= 0.3 is 6.01 Å². The molecule has 40 heavy (non-hydrogen) atoms. The van der Waals surface area contributed by atoms with Gasteiger partial charge in [-0.15, -0.1) is 0 Å². The number of fused-ring (bicyclic) bond motifs is 2. The van der Waals surface area contributed by atoms with E-state index in [0.29, 0.717) is 25.2 Å². The van der Waals surface area contributed by atoms with Gasteiger partial charge in [0, 0.05) is 54.8 Å². The molecule has 1 unspecified atom stereocenters. The highest BCUT2D eigenvalue weighted by molar-refractivity contribution is 6.36. The summed E-state index contributed by atoms with van der Waals surface area (Å²) in [5.41, 5.74) is 3.54. The Kier molecular flexibility index (Phi) is 6.40. The molecule has 3 aliphatic heterocycles. The first-order valence-electron chi connectivity index (χ1n) is 14.5. The fraction of sp³-hybridized carbons (Fsp3) is 0.516. The second-order valence-corrected chi connectivity index (χ2v) is 12.5. The number of nitriles is 1. The van der Waals surface area contributed by atoms with E-state index in [4.69, 9.17) is 26.3 Å². The fourth-order valence-corrected chi connectivity index (χ4v) is 7.49. The Balaban J connectivity index is 1.24. The van der Waals surface area contributed by atoms with Crippen molar-refractivity contribution in [1.29, 1.82) is 5.26 Å². The molecular weight excluding hydrogens is 522 g/mol. The molecule has 4 heterocycles. The van der Waals surface area contributed by atoms with E-state index in [1.54, 1.807) is 0 Å². The van der Waals surface area contributed by atoms with Crippen molar-refractivity contribution in [3.05, 3.63) is 52.7 Å². The van der Waals surface area contributed by atoms with Crippen molar-refractivity contribution in [2.75, 3.05) is 56.7 Å². The number of ether oxygens (including phenoxy) is 1. The largest absolute Gasteiger partial charge is 0.462 e. The Hall–Kier alpha value is -3.28. The molecule has 1 aromatic heterocycles. The molecule has 2 aromatic carbocycles. The van der Waals surface area contributed by atoms with Crippen molar-refractivity contribution < 1.29 is 4.74 Å². The highest BCUT2D eigenvalue weighted by atomic mass is 35.5. The maximum absolute atomic E-state index is 9.65. The van der Waals surface area contributed by atoms with Gasteiger partial charge in [-0.25, -0.2) is 0 Å². The molecule has 8 nitrogen and oxygen atoms in total. The lowest BCUT2D eigenvalue weighted by Gasteiger charge is -2.36. The standard InChI is InChI=1S/C31H36ClN7O/c1-36-14-5-8-22(36)18-40-30-34-25-16-39(26-10-4-7-21-6-3-9-24(32)28(21)26)15-11-23(25)29(35-30)37(2)27-17-38(20-33)19-31(27)12-13-31/h3-4,6-7,9-10,22,27H,5,8,11-19H2,1-2H3/t22-,27?/m0/s1. The number of hydrogen-bond donors (Lipinski definition) is 0. The maximum Gasteiger partial charge on any atom is 0.318 e. The van der Waals surface area contributed by atoms with Gasteiger partial charge in [0.2, 0.25) is 0 Å². The van der Waals surface area contributed by atoms with Gasteiger partial charge in [-0.1, -0.05) is 35.9 Å². The number of nitrogens with zero attached hydrogens (tertiary/aromatic N) is 7. The molecule has 3 aromatic rings. The Morgan fingerprint density at radius 2 is 2.00 bits per heavy atom. The van der Waals surface area contributed by atoms with E-state index in [2.05, 4.69) is 59.3 Å². The topological polar surface area (TPSA) is 71.8 Å². The van der Waals surface area contributed by atoms with Gasteiger partial charge in [0.25, 0.3) is 0 Å². The summed E-state index contributed by atoms with van der Waals surface area (Å²) in [6.07, 6.45) is 7.90. The minimum Gasteiger partial charge on any atom is -0.462 e. The number of benzene rings is 2. The van der Waals surface area contributed by atoms with Crippen LogP contribution in [0.25, 0.3) is 10.8 Å². The first kappa shape index (κ1) is 25.7. The van der Waals surface area contributed by atoms with Crippen LogP contribution in [0, 0.1) is 16.9 Å². The van der Waals surface area contributed by atoms with E-state index in [1.165, 1.54) is 24.8 Å². The smallest absolute Gasteiger partial charge is 0.318 e. The predicted molar refractivity (Wildman–Crippen MR) is 158 cm³/mol. The van der Waals surface area contributed by atoms with Crippen molar-refractivity contribution in [3.8, 4) is 12.2 Å². The Labute approximate surface area is 241 Å². The minimum absolute atomic E-state index is 0.191. The van der Waals surface area contributed by atoms with Crippen LogP contribution in [0.4, 0.5) is 11.5 Å². The average molecular weight is 558 g/mol. The lowest BCUT2D eigenvalue weighted by molar-refractivity contribution is 0.187. The van der Waals surface area contributed by atoms with E-state index in [0.717, 1.165) is 72.0 Å². The zero-order chi connectivity index (χ0) is 27.4. The number of aromatic nitrogens is 2. The molecule has 1 aliphatic carbocycles. The maximum atomic E-state index is 9.65. The van der Waals surface area contributed by atoms with Crippen LogP contribution in [0.3, 0.4) is 0 Å². The van der Waals surface area contributed by atoms with Gasteiger partial charge in [-0.2, -0.15) is 15.2 Å². The number of rotatable bonds is 6. The monoisotopic (exact) mass is 557 g/mol. The van der Waals surface area contributed by atoms with E-state index < -0.39 is 0 Å². The lowest BCUT2D eigenvalue weighted by Crippen LogP contribution is -2.41. The molecule has 4 aliphatic rings. The zero-order valence-corrected chi connectivity index (χ0v) is 24.1. The highest BCUT2D eigenvalue weighted by Gasteiger charge is 2.57. The first-order chi connectivity index (χ1) is 19.5. The molecule has 0 bridgehead atoms. The number of hydrogen-bond acceptors (Lipinski definition) is 8. The molecule has 0 amide bonds. The second kappa shape index (κ2) is 9.97. The van der Waals surface area contributed by atoms with Crippen molar-refractivity contribution in [2.45, 2.75) is 50.7 Å². The SMILES string of the molecule is CN(c1nc(OC[C@@H]2CCCN2C)nc2c1CCN(c1cccc3cccc(Cl)c13)C2)C1CN(C#N)CC12CC2. The molecule has 2 saturated heterocycles. The molecule has 9 heteroatoms. The quantitative estimate of drug-likeness (QED) is 0.404. The first-order valence-corrected chi connectivity index (χ1v) is 14.9. The van der Waals surface area contributed by atoms with Gasteiger partial charge in [0.1, 0.15) is 12.4 Å². The molecule has 208 valence electrons. The number of likely N-dealkylation sites (N-methyl/N-ethyl adjacent to an activating group) is 2. The Morgan fingerprint density at radius 3 is 2.75 bits per heavy atom. The summed E-state index contributed by atoms with van der Waals surface area (Å²) in [7, 11) is 4.32. The van der Waals surface area contributed by atoms with E-state index in [9.17, 15) is 5.26 Å². The highest BCUT2D eigenvalue weighted by Crippen LogP contribution is 2.55. The van der Waals surface area contributed by atoms with Gasteiger partial charge < -0.3 is 24.3 Å². The van der Waals surface area contributed by atoms with Crippen molar-refractivity contribution in [3.63, 3.8) is 0 Å². The van der Waals surface area contributed by atoms with Gasteiger partial charge in [0.05, 0.1) is 23.3 Å². The third kappa shape index (κ3) is 4.40. The van der Waals surface area contributed by atoms with Crippen LogP contribution in [0.15, 0.2) is 36.4 Å². The van der Waals surface area contributed by atoms with Gasteiger partial charge in [-0.05, 0) is 63.2 Å². The molecule has 0 N–H and O–H groups in total. The lowest BCUT2D eigenvalue weighted by atomic mass is 9.97. The molecule has 3 fully saturated rings. The number of likely N-dealkylation sites (tertiary alicyclic amines) is 2. The van der Waals surface area contributed by atoms with Crippen LogP contribution in [0.1, 0.15) is 36.9 Å². The van der Waals surface area contributed by atoms with Crippen LogP contribution in [0.5, 0.6) is 6.01 Å². The third-order valence-corrected chi connectivity index (χ3v) is 10.0. The Bertz CT molecular complexity index is 1480. The third-order valence-electron chi connectivity index (χ3n) is 9.71. The summed E-state index contributed by atoms with van der Waals surface area (Å²) in [5, 5.41) is 12.6. The molecular formula is C31H36ClN7O. The predicted octanol–water partition coefficient (Wildman–Crippen LogP) is 4.70. The summed E-state index contributed by atoms with van der Waals surface area (Å²) in [4.78, 5) is 19.1. The summed E-state index contributed by atoms with van der Waals surface area (Å²) in [5.74, 6) is 0.964. The second-order valence-electron chi connectivity index (χ2n) is 12.1. The average Bonchev–Trinajstić information content (AvgIpc) is 3.47. The molecule has 7 rings (SSSR count). The van der Waals surface area contributed by atoms with Crippen LogP contribution in [-0.2, 0) is 13.0 Å². The van der Waals surface area contributed by atoms with Crippen LogP contribution in [0.2, 0.25) is 5.02 Å². The summed E-state index contributed by atoms with van der Waals surface area (Å²) in [6, 6.07) is 13.6. The van der Waals surface area contributed by atoms with Crippen molar-refractivity contribution in [2.24, 2.45) is 5.41 Å². The van der Waals surface area contributed by atoms with E-state index >= 15 is 0 Å². The van der Waals surface area contributed by atoms with Crippen molar-refractivity contribution >= 4 is 33.9 Å². The summed E-state index contributed by atoms with van der Waals surface area (Å²) in [6.45, 7) is 4.82. The van der Waals surface area contributed by atoms with Crippen LogP contribution < -0.4 is 14.5 Å². The van der Waals surface area contributed by atoms with Gasteiger partial charge in [0.15, 0.2) is 6.19 Å².